The van der Waals surface area contributed by atoms with Crippen LogP contribution in [0.15, 0.2) is 72.8 Å². The van der Waals surface area contributed by atoms with Crippen molar-refractivity contribution in [3.63, 3.8) is 0 Å². The number of hydrogen-bond donors (Lipinski definition) is 0. The van der Waals surface area contributed by atoms with Gasteiger partial charge in [0.15, 0.2) is 5.13 Å². The highest BCUT2D eigenvalue weighted by molar-refractivity contribution is 7.16. The lowest BCUT2D eigenvalue weighted by atomic mass is 9.82. The Morgan fingerprint density at radius 2 is 1.78 bits per heavy atom. The predicted molar refractivity (Wildman–Crippen MR) is 144 cm³/mol. The first kappa shape index (κ1) is 22.9. The van der Waals surface area contributed by atoms with Crippen molar-refractivity contribution in [3.05, 3.63) is 94.6 Å². The zero-order chi connectivity index (χ0) is 24.8. The van der Waals surface area contributed by atoms with Crippen LogP contribution in [0.5, 0.6) is 0 Å². The van der Waals surface area contributed by atoms with Crippen LogP contribution in [0.1, 0.15) is 27.2 Å². The number of amides is 1. The molecule has 6 heteroatoms. The standard InChI is InChI=1S/C30H28FN3OS/c1-19-11-12-25(21-7-4-3-5-8-21)26(15-19)29(35)33-14-13-23-17-34(27(23)18-33)30-32-28(20(2)36-30)22-9-6-10-24(31)16-22/h3-12,15-16,23,27H,13-14,17-18H2,1-2H3/t23-,27-/m0/s1. The number of hydrogen-bond acceptors (Lipinski definition) is 4. The number of likely N-dealkylation sites (tertiary alicyclic amines) is 1. The molecular formula is C30H28FN3OS. The maximum Gasteiger partial charge on any atom is 0.254 e. The molecule has 182 valence electrons. The molecule has 0 saturated carbocycles. The van der Waals surface area contributed by atoms with Crippen LogP contribution in [0.25, 0.3) is 22.4 Å². The van der Waals surface area contributed by atoms with E-state index in [1.165, 1.54) is 12.1 Å². The number of fused-ring (bicyclic) bond motifs is 1. The number of nitrogens with zero attached hydrogens (tertiary/aromatic N) is 3. The molecule has 2 aliphatic rings. The highest BCUT2D eigenvalue weighted by Crippen LogP contribution is 2.41. The van der Waals surface area contributed by atoms with Gasteiger partial charge < -0.3 is 9.80 Å². The van der Waals surface area contributed by atoms with Gasteiger partial charge in [-0.05, 0) is 49.6 Å². The van der Waals surface area contributed by atoms with Crippen LogP contribution < -0.4 is 4.90 Å². The lowest BCUT2D eigenvalue weighted by molar-refractivity contribution is 0.0593. The van der Waals surface area contributed by atoms with Crippen LogP contribution >= 0.6 is 11.3 Å². The molecule has 3 heterocycles. The quantitative estimate of drug-likeness (QED) is 0.319. The van der Waals surface area contributed by atoms with Gasteiger partial charge in [-0.25, -0.2) is 9.37 Å². The van der Waals surface area contributed by atoms with Gasteiger partial charge in [0.1, 0.15) is 5.82 Å². The lowest BCUT2D eigenvalue weighted by Gasteiger charge is -2.53. The van der Waals surface area contributed by atoms with E-state index in [1.807, 2.05) is 49.1 Å². The Morgan fingerprint density at radius 1 is 0.972 bits per heavy atom. The summed E-state index contributed by atoms with van der Waals surface area (Å²) in [6, 6.07) is 23.2. The van der Waals surface area contributed by atoms with Gasteiger partial charge in [0.2, 0.25) is 0 Å². The summed E-state index contributed by atoms with van der Waals surface area (Å²) in [5.74, 6) is 0.415. The Bertz CT molecular complexity index is 1430. The van der Waals surface area contributed by atoms with Crippen LogP contribution in [0.4, 0.5) is 9.52 Å². The zero-order valence-electron chi connectivity index (χ0n) is 20.4. The smallest absolute Gasteiger partial charge is 0.254 e. The van der Waals surface area contributed by atoms with Crippen LogP contribution in [0, 0.1) is 25.6 Å². The Hall–Kier alpha value is -3.51. The summed E-state index contributed by atoms with van der Waals surface area (Å²) in [6.07, 6.45) is 1.00. The van der Waals surface area contributed by atoms with Crippen molar-refractivity contribution in [1.82, 2.24) is 9.88 Å². The first-order chi connectivity index (χ1) is 17.5. The maximum absolute atomic E-state index is 13.8. The number of carbonyl (C=O) groups is 1. The molecule has 36 heavy (non-hydrogen) atoms. The molecule has 0 aliphatic carbocycles. The fourth-order valence-electron chi connectivity index (χ4n) is 5.48. The van der Waals surface area contributed by atoms with Gasteiger partial charge >= 0.3 is 0 Å². The number of piperidine rings is 1. The highest BCUT2D eigenvalue weighted by Gasteiger charge is 2.45. The van der Waals surface area contributed by atoms with E-state index < -0.39 is 0 Å². The Balaban J connectivity index is 1.24. The number of anilines is 1. The van der Waals surface area contributed by atoms with Gasteiger partial charge in [0.25, 0.3) is 5.91 Å². The van der Waals surface area contributed by atoms with Gasteiger partial charge in [-0.2, -0.15) is 0 Å². The molecule has 2 aliphatic heterocycles. The topological polar surface area (TPSA) is 36.4 Å². The third-order valence-corrected chi connectivity index (χ3v) is 8.47. The van der Waals surface area contributed by atoms with Gasteiger partial charge in [0, 0.05) is 41.6 Å². The second kappa shape index (κ2) is 9.17. The third-order valence-electron chi connectivity index (χ3n) is 7.46. The van der Waals surface area contributed by atoms with E-state index in [-0.39, 0.29) is 17.8 Å². The summed E-state index contributed by atoms with van der Waals surface area (Å²) in [4.78, 5) is 24.1. The SMILES string of the molecule is Cc1ccc(-c2ccccc2)c(C(=O)N2CC[C@H]3CN(c4nc(-c5cccc(F)c5)c(C)s4)[C@H]3C2)c1. The lowest BCUT2D eigenvalue weighted by Crippen LogP contribution is -2.65. The summed E-state index contributed by atoms with van der Waals surface area (Å²) < 4.78 is 13.8. The normalized spacial score (nSPS) is 19.1. The van der Waals surface area contributed by atoms with E-state index in [0.29, 0.717) is 12.5 Å². The number of halogens is 1. The largest absolute Gasteiger partial charge is 0.343 e. The molecule has 0 N–H and O–H groups in total. The van der Waals surface area contributed by atoms with Crippen molar-refractivity contribution >= 4 is 22.4 Å². The van der Waals surface area contributed by atoms with E-state index in [2.05, 4.69) is 29.2 Å². The number of benzene rings is 3. The summed E-state index contributed by atoms with van der Waals surface area (Å²) in [5.41, 5.74) is 5.54. The van der Waals surface area contributed by atoms with Crippen molar-refractivity contribution in [2.45, 2.75) is 26.3 Å². The molecule has 0 radical (unpaired) electrons. The van der Waals surface area contributed by atoms with Crippen molar-refractivity contribution in [3.8, 4) is 22.4 Å². The van der Waals surface area contributed by atoms with E-state index >= 15 is 0 Å². The Labute approximate surface area is 215 Å². The van der Waals surface area contributed by atoms with Crippen molar-refractivity contribution in [2.75, 3.05) is 24.5 Å². The number of aryl methyl sites for hydroxylation is 2. The van der Waals surface area contributed by atoms with E-state index in [9.17, 15) is 9.18 Å². The van der Waals surface area contributed by atoms with E-state index in [1.54, 1.807) is 17.4 Å². The Kier molecular flexibility index (Phi) is 5.84. The van der Waals surface area contributed by atoms with Gasteiger partial charge in [0.05, 0.1) is 11.7 Å². The predicted octanol–water partition coefficient (Wildman–Crippen LogP) is 6.58. The minimum atomic E-state index is -0.252. The molecule has 1 aromatic heterocycles. The summed E-state index contributed by atoms with van der Waals surface area (Å²) in [5, 5.41) is 0.961. The average molecular weight is 498 g/mol. The summed E-state index contributed by atoms with van der Waals surface area (Å²) in [6.45, 7) is 6.51. The van der Waals surface area contributed by atoms with E-state index in [4.69, 9.17) is 4.98 Å². The number of aromatic nitrogens is 1. The molecule has 1 amide bonds. The molecule has 4 nitrogen and oxygen atoms in total. The number of thiazole rings is 1. The van der Waals surface area contributed by atoms with E-state index in [0.717, 1.165) is 63.0 Å². The van der Waals surface area contributed by atoms with Gasteiger partial charge in [-0.1, -0.05) is 60.2 Å². The summed E-state index contributed by atoms with van der Waals surface area (Å²) in [7, 11) is 0. The second-order valence-electron chi connectivity index (χ2n) is 9.85. The highest BCUT2D eigenvalue weighted by atomic mass is 32.1. The van der Waals surface area contributed by atoms with Crippen LogP contribution in [-0.2, 0) is 0 Å². The Morgan fingerprint density at radius 3 is 2.58 bits per heavy atom. The molecule has 2 fully saturated rings. The third kappa shape index (κ3) is 4.09. The molecule has 0 unspecified atom stereocenters. The minimum Gasteiger partial charge on any atom is -0.343 e. The second-order valence-corrected chi connectivity index (χ2v) is 11.0. The molecule has 6 rings (SSSR count). The molecule has 2 saturated heterocycles. The number of carbonyl (C=O) groups excluding carboxylic acids is 1. The molecular weight excluding hydrogens is 469 g/mol. The van der Waals surface area contributed by atoms with Crippen molar-refractivity contribution < 1.29 is 9.18 Å². The van der Waals surface area contributed by atoms with Crippen LogP contribution in [0.3, 0.4) is 0 Å². The van der Waals surface area contributed by atoms with Crippen LogP contribution in [-0.4, -0.2) is 41.5 Å². The molecule has 0 spiro atoms. The summed E-state index contributed by atoms with van der Waals surface area (Å²) >= 11 is 1.65. The fraction of sp³-hybridized carbons (Fsp3) is 0.267. The molecule has 3 aromatic carbocycles. The van der Waals surface area contributed by atoms with Gasteiger partial charge in [-0.15, -0.1) is 11.3 Å². The first-order valence-electron chi connectivity index (χ1n) is 12.4. The minimum absolute atomic E-state index is 0.0959. The van der Waals surface area contributed by atoms with Crippen molar-refractivity contribution in [1.29, 1.82) is 0 Å². The van der Waals surface area contributed by atoms with Crippen molar-refractivity contribution in [2.24, 2.45) is 5.92 Å². The maximum atomic E-state index is 13.8. The monoisotopic (exact) mass is 497 g/mol. The zero-order valence-corrected chi connectivity index (χ0v) is 21.3. The molecule has 2 atom stereocenters. The molecule has 4 aromatic rings. The average Bonchev–Trinajstić information content (AvgIpc) is 3.25. The van der Waals surface area contributed by atoms with Gasteiger partial charge in [-0.3, -0.25) is 4.79 Å². The van der Waals surface area contributed by atoms with Crippen LogP contribution in [0.2, 0.25) is 0 Å². The molecule has 0 bridgehead atoms. The fourth-order valence-corrected chi connectivity index (χ4v) is 6.48. The first-order valence-corrected chi connectivity index (χ1v) is 13.2. The number of rotatable bonds is 4.